The van der Waals surface area contributed by atoms with Gasteiger partial charge in [-0.3, -0.25) is 48.1 Å². The average molecular weight is 1080 g/mol. The second-order valence-electron chi connectivity index (χ2n) is 20.2. The third-order valence-electron chi connectivity index (χ3n) is 15.7. The first-order valence-electron chi connectivity index (χ1n) is 25.8. The van der Waals surface area contributed by atoms with Gasteiger partial charge < -0.3 is 34.7 Å². The molecule has 0 bridgehead atoms. The van der Waals surface area contributed by atoms with Gasteiger partial charge >= 0.3 is 7.82 Å². The van der Waals surface area contributed by atoms with E-state index in [0.29, 0.717) is 57.4 Å². The molecule has 4 N–H and O–H groups in total. The summed E-state index contributed by atoms with van der Waals surface area (Å²) in [5, 5.41) is 14.7. The van der Waals surface area contributed by atoms with Gasteiger partial charge in [-0.25, -0.2) is 19.5 Å². The number of benzene rings is 1. The third-order valence-corrected chi connectivity index (χ3v) is 17.5. The van der Waals surface area contributed by atoms with Gasteiger partial charge in [0.1, 0.15) is 30.1 Å². The van der Waals surface area contributed by atoms with Crippen molar-refractivity contribution < 1.29 is 52.7 Å². The second-order valence-corrected chi connectivity index (χ2v) is 22.6. The fourth-order valence-corrected chi connectivity index (χ4v) is 13.6. The van der Waals surface area contributed by atoms with Crippen molar-refractivity contribution >= 4 is 77.4 Å². The number of anilines is 5. The van der Waals surface area contributed by atoms with E-state index in [1.807, 2.05) is 24.4 Å². The van der Waals surface area contributed by atoms with E-state index < -0.39 is 50.3 Å². The lowest BCUT2D eigenvalue weighted by Gasteiger charge is -2.46. The van der Waals surface area contributed by atoms with Gasteiger partial charge in [0.15, 0.2) is 0 Å². The molecule has 398 valence electrons. The number of fused-ring (bicyclic) bond motifs is 4. The SMILES string of the molecule is COc1ncc(-c2ccnc(N3CCc4c(sc5c4CCCC5)C3=O)c2[C@H](C)O)cc1Nc1ccc(N2CCN(C3CCN(c4ccc5c(c4)C(=O)N([C@H]4CCC(=O)N(COP(=O)(O)O)C4=O)C5=O)CC3)C[C@@H]2C)cn1. The lowest BCUT2D eigenvalue weighted by Crippen LogP contribution is -2.57. The van der Waals surface area contributed by atoms with Crippen LogP contribution >= 0.6 is 19.2 Å². The molecule has 0 radical (unpaired) electrons. The number of carbonyl (C=O) groups excluding carboxylic acids is 5. The van der Waals surface area contributed by atoms with Crippen LogP contribution in [0, 0.1) is 0 Å². The summed E-state index contributed by atoms with van der Waals surface area (Å²) >= 11 is 1.62. The van der Waals surface area contributed by atoms with Gasteiger partial charge in [-0.2, -0.15) is 0 Å². The number of aromatic nitrogens is 3. The van der Waals surface area contributed by atoms with Gasteiger partial charge in [-0.05, 0) is 124 Å². The Kier molecular flexibility index (Phi) is 14.0. The summed E-state index contributed by atoms with van der Waals surface area (Å²) in [7, 11) is -3.45. The van der Waals surface area contributed by atoms with E-state index in [2.05, 4.69) is 42.5 Å². The highest BCUT2D eigenvalue weighted by atomic mass is 32.1. The van der Waals surface area contributed by atoms with E-state index in [-0.39, 0.29) is 35.9 Å². The number of pyridine rings is 3. The van der Waals surface area contributed by atoms with Gasteiger partial charge in [0, 0.05) is 91.9 Å². The molecule has 9 heterocycles. The molecule has 3 fully saturated rings. The van der Waals surface area contributed by atoms with Crippen molar-refractivity contribution in [2.24, 2.45) is 0 Å². The van der Waals surface area contributed by atoms with Crippen LogP contribution in [0.2, 0.25) is 0 Å². The number of phosphoric acid groups is 1. The molecule has 5 amide bonds. The Labute approximate surface area is 442 Å². The number of ether oxygens (including phenoxy) is 1. The molecule has 0 spiro atoms. The predicted molar refractivity (Wildman–Crippen MR) is 282 cm³/mol. The number of likely N-dealkylation sites (tertiary alicyclic amines) is 1. The number of hydrogen-bond acceptors (Lipinski definition) is 17. The molecule has 5 aromatic rings. The molecule has 11 rings (SSSR count). The predicted octanol–water partition coefficient (Wildman–Crippen LogP) is 5.85. The van der Waals surface area contributed by atoms with Crippen molar-refractivity contribution in [3.8, 4) is 17.0 Å². The number of aliphatic hydroxyl groups is 1. The molecule has 0 saturated carbocycles. The number of imide groups is 2. The van der Waals surface area contributed by atoms with Gasteiger partial charge in [0.05, 0.1) is 41.1 Å². The minimum Gasteiger partial charge on any atom is -0.480 e. The van der Waals surface area contributed by atoms with Crippen LogP contribution in [0.5, 0.6) is 5.88 Å². The molecule has 23 heteroatoms. The Balaban J connectivity index is 0.709. The number of piperidine rings is 2. The van der Waals surface area contributed by atoms with E-state index in [1.165, 1.54) is 16.0 Å². The number of hydrogen-bond donors (Lipinski definition) is 4. The first-order chi connectivity index (χ1) is 36.6. The number of aliphatic hydroxyl groups excluding tert-OH is 1. The lowest BCUT2D eigenvalue weighted by atomic mass is 9.91. The van der Waals surface area contributed by atoms with E-state index >= 15 is 0 Å². The molecule has 4 aromatic heterocycles. The van der Waals surface area contributed by atoms with Crippen LogP contribution in [-0.2, 0) is 37.9 Å². The monoisotopic (exact) mass is 1070 g/mol. The van der Waals surface area contributed by atoms with E-state index in [4.69, 9.17) is 24.5 Å². The van der Waals surface area contributed by atoms with Crippen molar-refractivity contribution in [1.82, 2.24) is 29.7 Å². The van der Waals surface area contributed by atoms with Crippen LogP contribution in [0.4, 0.5) is 28.7 Å². The molecule has 0 unspecified atom stereocenters. The van der Waals surface area contributed by atoms with Crippen LogP contribution < -0.4 is 24.8 Å². The maximum absolute atomic E-state index is 14.1. The summed E-state index contributed by atoms with van der Waals surface area (Å²) in [6, 6.07) is 12.0. The Morgan fingerprint density at radius 1 is 0.816 bits per heavy atom. The zero-order chi connectivity index (χ0) is 53.2. The lowest BCUT2D eigenvalue weighted by molar-refractivity contribution is -0.155. The Bertz CT molecular complexity index is 3200. The van der Waals surface area contributed by atoms with Crippen molar-refractivity contribution in [2.75, 3.05) is 73.1 Å². The summed E-state index contributed by atoms with van der Waals surface area (Å²) in [5.74, 6) is -1.65. The number of amides is 5. The van der Waals surface area contributed by atoms with Gasteiger partial charge in [0.2, 0.25) is 11.8 Å². The minimum absolute atomic E-state index is 0.0647. The zero-order valence-corrected chi connectivity index (χ0v) is 44.1. The van der Waals surface area contributed by atoms with Crippen molar-refractivity contribution in [3.63, 3.8) is 0 Å². The van der Waals surface area contributed by atoms with E-state index in [1.54, 1.807) is 60.9 Å². The van der Waals surface area contributed by atoms with Gasteiger partial charge in [-0.15, -0.1) is 11.3 Å². The maximum Gasteiger partial charge on any atom is 0.471 e. The molecular weight excluding hydrogens is 1020 g/mol. The molecular formula is C53H59N10O11PS. The highest BCUT2D eigenvalue weighted by Gasteiger charge is 2.48. The van der Waals surface area contributed by atoms with Gasteiger partial charge in [0.25, 0.3) is 23.6 Å². The molecule has 76 heavy (non-hydrogen) atoms. The van der Waals surface area contributed by atoms with Crippen LogP contribution in [0.1, 0.15) is 110 Å². The topological polar surface area (TPSA) is 252 Å². The molecule has 1 aromatic carbocycles. The van der Waals surface area contributed by atoms with Crippen molar-refractivity contribution in [1.29, 1.82) is 0 Å². The molecule has 3 saturated heterocycles. The number of nitrogens with one attached hydrogen (secondary N) is 1. The molecule has 5 aliphatic heterocycles. The Morgan fingerprint density at radius 3 is 2.33 bits per heavy atom. The molecule has 6 aliphatic rings. The first kappa shape index (κ1) is 51.5. The summed E-state index contributed by atoms with van der Waals surface area (Å²) in [4.78, 5) is 112. The smallest absolute Gasteiger partial charge is 0.471 e. The summed E-state index contributed by atoms with van der Waals surface area (Å²) in [6.07, 6.45) is 10.9. The fraction of sp³-hybridized carbons (Fsp3) is 0.434. The van der Waals surface area contributed by atoms with E-state index in [0.717, 1.165) is 98.8 Å². The summed E-state index contributed by atoms with van der Waals surface area (Å²) < 4.78 is 21.3. The standard InChI is InChI=1S/C53H59N10O11PS/c1-30-28-59(33-15-19-58(20-16-33)34-8-10-39-40(25-34)51(67)63(50(39)66)42-11-13-45(65)62(52(42)68)29-74-75(70,71)72)22-23-60(30)35-9-12-44(55-27-35)57-41-24-32(26-56-49(41)73-3)36-14-18-54-48(46(36)31(2)64)61-21-17-38-37-6-4-5-7-43(37)76-47(38)53(61)69/h8-10,12,14,18,24-27,30-31,33,42,64H,4-7,11,13,15-17,19-23,28-29H2,1-3H3,(H,55,57)(H2,70,71,72)/t30-,31-,42-/m0/s1. The normalized spacial score (nSPS) is 21.0. The number of aryl methyl sites for hydroxylation is 1. The molecule has 1 aliphatic carbocycles. The highest BCUT2D eigenvalue weighted by molar-refractivity contribution is 7.46. The number of rotatable bonds is 13. The number of methoxy groups -OCH3 is 1. The van der Waals surface area contributed by atoms with Crippen LogP contribution in [0.3, 0.4) is 0 Å². The summed E-state index contributed by atoms with van der Waals surface area (Å²) in [5.41, 5.74) is 7.19. The van der Waals surface area contributed by atoms with Crippen LogP contribution in [0.25, 0.3) is 11.1 Å². The first-order valence-corrected chi connectivity index (χ1v) is 28.1. The highest BCUT2D eigenvalue weighted by Crippen LogP contribution is 2.43. The van der Waals surface area contributed by atoms with Crippen LogP contribution in [-0.4, -0.2) is 145 Å². The quantitative estimate of drug-likeness (QED) is 0.0797. The summed E-state index contributed by atoms with van der Waals surface area (Å²) in [6.45, 7) is 7.37. The largest absolute Gasteiger partial charge is 0.480 e. The molecule has 21 nitrogen and oxygen atoms in total. The Hall–Kier alpha value is -6.65. The number of thiophene rings is 1. The van der Waals surface area contributed by atoms with Crippen LogP contribution in [0.15, 0.2) is 61.1 Å². The average Bonchev–Trinajstić information content (AvgIpc) is 3.92. The fourth-order valence-electron chi connectivity index (χ4n) is 11.9. The molecule has 3 atom stereocenters. The van der Waals surface area contributed by atoms with Crippen molar-refractivity contribution in [2.45, 2.75) is 95.9 Å². The number of carbonyl (C=O) groups is 5. The number of piperazine rings is 1. The maximum atomic E-state index is 14.1. The Morgan fingerprint density at radius 2 is 1.59 bits per heavy atom. The van der Waals surface area contributed by atoms with Crippen molar-refractivity contribution in [3.05, 3.63) is 98.6 Å². The van der Waals surface area contributed by atoms with Gasteiger partial charge in [-0.1, -0.05) is 0 Å². The number of nitrogens with zero attached hydrogens (tertiary/aromatic N) is 9. The third kappa shape index (κ3) is 9.64. The second kappa shape index (κ2) is 20.7. The zero-order valence-electron chi connectivity index (χ0n) is 42.4. The number of phosphoric ester groups is 1. The van der Waals surface area contributed by atoms with E-state index in [9.17, 15) is 33.6 Å². The minimum atomic E-state index is -5.00.